The molecule has 0 amide bonds. The van der Waals surface area contributed by atoms with Gasteiger partial charge in [0.1, 0.15) is 0 Å². The maximum atomic E-state index is 6.41. The normalized spacial score (nSPS) is 19.3. The van der Waals surface area contributed by atoms with Crippen molar-refractivity contribution in [2.24, 2.45) is 0 Å². The van der Waals surface area contributed by atoms with Gasteiger partial charge in [-0.15, -0.1) is 0 Å². The molecule has 0 saturated carbocycles. The predicted molar refractivity (Wildman–Crippen MR) is 47.7 cm³/mol. The average Bonchev–Trinajstić information content (AvgIpc) is 1.64. The van der Waals surface area contributed by atoms with Crippen LogP contribution >= 0.6 is 8.92 Å². The van der Waals surface area contributed by atoms with Crippen LogP contribution in [0.25, 0.3) is 0 Å². The summed E-state index contributed by atoms with van der Waals surface area (Å²) in [6.45, 7) is 9.01. The quantitative estimate of drug-likeness (QED) is 0.628. The molecule has 0 saturated heterocycles. The van der Waals surface area contributed by atoms with Crippen molar-refractivity contribution in [2.75, 3.05) is 0 Å². The first-order chi connectivity index (χ1) is 3.81. The first-order valence-electron chi connectivity index (χ1n) is 3.50. The molecule has 0 bridgehead atoms. The summed E-state index contributed by atoms with van der Waals surface area (Å²) in [6, 6.07) is 0. The summed E-state index contributed by atoms with van der Waals surface area (Å²) in [4.78, 5) is 2.30. The Hall–Kier alpha value is 1.09. The minimum absolute atomic E-state index is 0.422. The molecule has 1 atom stereocenters. The van der Waals surface area contributed by atoms with E-state index in [4.69, 9.17) is 8.92 Å². The van der Waals surface area contributed by atoms with E-state index in [1.165, 1.54) is 4.44 Å². The number of hydrogen-bond acceptors (Lipinski definition) is 0. The van der Waals surface area contributed by atoms with Gasteiger partial charge >= 0.3 is 66.7 Å². The zero-order valence-electron chi connectivity index (χ0n) is 7.09. The standard InChI is InChI=1S/C4H9.C2H5.CH3.ClH.Sn/c1-4(2)3;1-2;;;/h1-3H3;1H2,2H3;1H3;1H;/q;;;;+1/p-1. The summed E-state index contributed by atoms with van der Waals surface area (Å²) in [5, 5.41) is 0. The van der Waals surface area contributed by atoms with Crippen LogP contribution in [0.3, 0.4) is 0 Å². The molecule has 0 aliphatic heterocycles. The van der Waals surface area contributed by atoms with Crippen molar-refractivity contribution in [1.82, 2.24) is 0 Å². The Labute approximate surface area is 66.6 Å². The Morgan fingerprint density at radius 3 is 1.67 bits per heavy atom. The summed E-state index contributed by atoms with van der Waals surface area (Å²) >= 11 is -2.10. The van der Waals surface area contributed by atoms with E-state index in [1.807, 2.05) is 0 Å². The van der Waals surface area contributed by atoms with E-state index in [2.05, 4.69) is 32.6 Å². The molecular weight excluding hydrogens is 238 g/mol. The first-order valence-corrected chi connectivity index (χ1v) is 13.4. The van der Waals surface area contributed by atoms with Crippen LogP contribution in [-0.2, 0) is 0 Å². The van der Waals surface area contributed by atoms with Crippen LogP contribution in [-0.4, -0.2) is 17.3 Å². The monoisotopic (exact) mass is 256 g/mol. The van der Waals surface area contributed by atoms with Crippen molar-refractivity contribution in [2.45, 2.75) is 40.5 Å². The molecule has 56 valence electrons. The molecule has 2 heteroatoms. The second-order valence-electron chi connectivity index (χ2n) is 3.80. The molecule has 0 heterocycles. The Morgan fingerprint density at radius 1 is 1.33 bits per heavy atom. The molecule has 0 aromatic heterocycles. The molecule has 0 aromatic carbocycles. The number of rotatable bonds is 1. The average molecular weight is 255 g/mol. The molecule has 0 aliphatic carbocycles. The van der Waals surface area contributed by atoms with Gasteiger partial charge in [-0.05, 0) is 0 Å². The molecule has 1 unspecified atom stereocenters. The van der Waals surface area contributed by atoms with Crippen molar-refractivity contribution in [3.63, 3.8) is 0 Å². The van der Waals surface area contributed by atoms with E-state index in [0.29, 0.717) is 3.43 Å². The van der Waals surface area contributed by atoms with Crippen molar-refractivity contribution >= 4 is 26.2 Å². The molecule has 0 aromatic rings. The third-order valence-electron chi connectivity index (χ3n) is 2.23. The third-order valence-corrected chi connectivity index (χ3v) is 20.5. The van der Waals surface area contributed by atoms with E-state index in [-0.39, 0.29) is 0 Å². The van der Waals surface area contributed by atoms with Gasteiger partial charge in [-0.25, -0.2) is 0 Å². The molecule has 0 N–H and O–H groups in total. The van der Waals surface area contributed by atoms with Gasteiger partial charge in [-0.1, -0.05) is 0 Å². The predicted octanol–water partition coefficient (Wildman–Crippen LogP) is 3.62. The van der Waals surface area contributed by atoms with Crippen LogP contribution < -0.4 is 0 Å². The Bertz CT molecular complexity index is 91.6. The molecule has 0 rings (SSSR count). The zero-order chi connectivity index (χ0) is 7.71. The molecule has 0 fully saturated rings. The Morgan fingerprint density at radius 2 is 1.67 bits per heavy atom. The topological polar surface area (TPSA) is 0 Å². The number of halogens is 1. The molecule has 0 nitrogen and oxygen atoms in total. The fraction of sp³-hybridized carbons (Fsp3) is 1.00. The van der Waals surface area contributed by atoms with Gasteiger partial charge in [-0.3, -0.25) is 0 Å². The first kappa shape index (κ1) is 10.1. The summed E-state index contributed by atoms with van der Waals surface area (Å²) < 4.78 is 1.66. The van der Waals surface area contributed by atoms with Gasteiger partial charge in [-0.2, -0.15) is 0 Å². The SMILES string of the molecule is C[CH2][Sn]([CH3])([Cl])[C](C)(C)C. The summed E-state index contributed by atoms with van der Waals surface area (Å²) in [5.41, 5.74) is 0. The van der Waals surface area contributed by atoms with Crippen LogP contribution in [0.4, 0.5) is 0 Å². The van der Waals surface area contributed by atoms with Crippen LogP contribution in [0, 0.1) is 0 Å². The maximum absolute atomic E-state index is 6.41. The van der Waals surface area contributed by atoms with Gasteiger partial charge < -0.3 is 0 Å². The van der Waals surface area contributed by atoms with Gasteiger partial charge in [0, 0.05) is 0 Å². The number of hydrogen-bond donors (Lipinski definition) is 0. The summed E-state index contributed by atoms with van der Waals surface area (Å²) in [5.74, 6) is 0. The van der Waals surface area contributed by atoms with Crippen molar-refractivity contribution in [1.29, 1.82) is 0 Å². The zero-order valence-corrected chi connectivity index (χ0v) is 10.7. The molecule has 0 aliphatic rings. The van der Waals surface area contributed by atoms with Crippen molar-refractivity contribution in [3.05, 3.63) is 0 Å². The fourth-order valence-corrected chi connectivity index (χ4v) is 3.56. The summed E-state index contributed by atoms with van der Waals surface area (Å²) in [6.07, 6.45) is 0. The van der Waals surface area contributed by atoms with Gasteiger partial charge in [0.2, 0.25) is 0 Å². The van der Waals surface area contributed by atoms with Gasteiger partial charge in [0.15, 0.2) is 0 Å². The minimum atomic E-state index is -2.10. The van der Waals surface area contributed by atoms with E-state index in [9.17, 15) is 0 Å². The second-order valence-corrected chi connectivity index (χ2v) is 22.5. The van der Waals surface area contributed by atoms with Crippen LogP contribution in [0.5, 0.6) is 0 Å². The van der Waals surface area contributed by atoms with Crippen LogP contribution in [0.1, 0.15) is 27.7 Å². The van der Waals surface area contributed by atoms with E-state index in [1.54, 1.807) is 0 Å². The molecule has 0 spiro atoms. The van der Waals surface area contributed by atoms with E-state index >= 15 is 0 Å². The molecule has 0 radical (unpaired) electrons. The van der Waals surface area contributed by atoms with E-state index in [0.717, 1.165) is 0 Å². The van der Waals surface area contributed by atoms with Gasteiger partial charge in [0.05, 0.1) is 0 Å². The van der Waals surface area contributed by atoms with Crippen molar-refractivity contribution < 1.29 is 0 Å². The second kappa shape index (κ2) is 3.00. The summed E-state index contributed by atoms with van der Waals surface area (Å²) in [7, 11) is 6.41. The fourth-order valence-electron chi connectivity index (χ4n) is 0.530. The molecular formula is C7H17ClSn. The third kappa shape index (κ3) is 2.67. The van der Waals surface area contributed by atoms with Crippen molar-refractivity contribution in [3.8, 4) is 0 Å². The van der Waals surface area contributed by atoms with Crippen LogP contribution in [0.2, 0.25) is 12.8 Å². The molecule has 9 heavy (non-hydrogen) atoms. The Balaban J connectivity index is 4.14. The van der Waals surface area contributed by atoms with Crippen LogP contribution in [0.15, 0.2) is 0 Å². The Kier molecular flexibility index (Phi) is 3.36. The van der Waals surface area contributed by atoms with Gasteiger partial charge in [0.25, 0.3) is 0 Å². The van der Waals surface area contributed by atoms with E-state index < -0.39 is 17.3 Å².